The number of phenols is 1. The molecule has 0 aliphatic carbocycles. The van der Waals surface area contributed by atoms with E-state index >= 15 is 0 Å². The van der Waals surface area contributed by atoms with Gasteiger partial charge in [-0.2, -0.15) is 0 Å². The molecule has 0 spiro atoms. The van der Waals surface area contributed by atoms with Crippen molar-refractivity contribution in [1.82, 2.24) is 5.32 Å². The molecule has 0 amide bonds. The highest BCUT2D eigenvalue weighted by Gasteiger charge is 2.06. The number of aromatic hydroxyl groups is 1. The van der Waals surface area contributed by atoms with Crippen LogP contribution in [0.2, 0.25) is 0 Å². The molecule has 0 saturated heterocycles. The molecule has 1 aromatic rings. The first-order valence-electron chi connectivity index (χ1n) is 5.76. The molecule has 0 radical (unpaired) electrons. The van der Waals surface area contributed by atoms with Crippen LogP contribution in [-0.2, 0) is 11.2 Å². The molecule has 16 heavy (non-hydrogen) atoms. The predicted octanol–water partition coefficient (Wildman–Crippen LogP) is 1.95. The monoisotopic (exact) mass is 223 g/mol. The summed E-state index contributed by atoms with van der Waals surface area (Å²) in [5.74, 6) is 0.337. The molecule has 3 nitrogen and oxygen atoms in total. The molecule has 1 unspecified atom stereocenters. The third-order valence-electron chi connectivity index (χ3n) is 2.55. The summed E-state index contributed by atoms with van der Waals surface area (Å²) in [4.78, 5) is 0. The molecule has 1 rings (SSSR count). The van der Waals surface area contributed by atoms with Crippen LogP contribution in [0.3, 0.4) is 0 Å². The van der Waals surface area contributed by atoms with Crippen LogP contribution in [-0.4, -0.2) is 31.4 Å². The molecule has 0 aromatic heterocycles. The highest BCUT2D eigenvalue weighted by atomic mass is 16.5. The van der Waals surface area contributed by atoms with Crippen LogP contribution < -0.4 is 5.32 Å². The van der Waals surface area contributed by atoms with Gasteiger partial charge in [0.1, 0.15) is 5.75 Å². The number of aryl methyl sites for hydroxylation is 1. The van der Waals surface area contributed by atoms with E-state index in [0.29, 0.717) is 11.8 Å². The zero-order chi connectivity index (χ0) is 11.8. The molecular formula is C13H21NO2. The van der Waals surface area contributed by atoms with Crippen molar-refractivity contribution in [3.63, 3.8) is 0 Å². The van der Waals surface area contributed by atoms with Gasteiger partial charge in [0, 0.05) is 13.2 Å². The molecule has 3 heteroatoms. The van der Waals surface area contributed by atoms with Crippen molar-refractivity contribution in [2.75, 3.05) is 20.3 Å². The van der Waals surface area contributed by atoms with Crippen molar-refractivity contribution in [1.29, 1.82) is 0 Å². The summed E-state index contributed by atoms with van der Waals surface area (Å²) in [5.41, 5.74) is 1.17. The summed E-state index contributed by atoms with van der Waals surface area (Å²) < 4.78 is 5.16. The van der Waals surface area contributed by atoms with E-state index in [0.717, 1.165) is 26.0 Å². The van der Waals surface area contributed by atoms with Crippen molar-refractivity contribution >= 4 is 0 Å². The second-order valence-electron chi connectivity index (χ2n) is 3.92. The number of hydrogen-bond acceptors (Lipinski definition) is 3. The molecule has 1 atom stereocenters. The fraction of sp³-hybridized carbons (Fsp3) is 0.538. The van der Waals surface area contributed by atoms with Gasteiger partial charge in [0.05, 0.1) is 6.61 Å². The van der Waals surface area contributed by atoms with E-state index in [1.54, 1.807) is 13.2 Å². The van der Waals surface area contributed by atoms with Gasteiger partial charge in [-0.15, -0.1) is 0 Å². The summed E-state index contributed by atoms with van der Waals surface area (Å²) in [5, 5.41) is 12.7. The summed E-state index contributed by atoms with van der Waals surface area (Å²) in [6.45, 7) is 3.78. The van der Waals surface area contributed by atoms with Crippen molar-refractivity contribution in [2.24, 2.45) is 0 Å². The van der Waals surface area contributed by atoms with Gasteiger partial charge in [-0.05, 0) is 37.1 Å². The Morgan fingerprint density at radius 2 is 2.25 bits per heavy atom. The quantitative estimate of drug-likeness (QED) is 0.742. The lowest BCUT2D eigenvalue weighted by Gasteiger charge is -2.16. The molecule has 0 aliphatic rings. The van der Waals surface area contributed by atoms with Crippen LogP contribution in [0.25, 0.3) is 0 Å². The van der Waals surface area contributed by atoms with E-state index in [2.05, 4.69) is 12.2 Å². The molecule has 0 heterocycles. The first-order valence-corrected chi connectivity index (χ1v) is 5.76. The van der Waals surface area contributed by atoms with Crippen LogP contribution in [0.4, 0.5) is 0 Å². The van der Waals surface area contributed by atoms with E-state index in [9.17, 15) is 5.11 Å². The maximum atomic E-state index is 9.34. The fourth-order valence-corrected chi connectivity index (χ4v) is 1.79. The SMILES string of the molecule is CCNC(CCc1cccc(O)c1)COC. The lowest BCUT2D eigenvalue weighted by Crippen LogP contribution is -2.33. The third-order valence-corrected chi connectivity index (χ3v) is 2.55. The Balaban J connectivity index is 2.41. The lowest BCUT2D eigenvalue weighted by atomic mass is 10.1. The van der Waals surface area contributed by atoms with E-state index in [1.807, 2.05) is 18.2 Å². The Kier molecular flexibility index (Phi) is 5.90. The maximum Gasteiger partial charge on any atom is 0.115 e. The minimum absolute atomic E-state index is 0.337. The van der Waals surface area contributed by atoms with E-state index in [-0.39, 0.29) is 0 Å². The van der Waals surface area contributed by atoms with Crippen LogP contribution in [0, 0.1) is 0 Å². The summed E-state index contributed by atoms with van der Waals surface area (Å²) >= 11 is 0. The second-order valence-corrected chi connectivity index (χ2v) is 3.92. The first-order chi connectivity index (χ1) is 7.76. The standard InChI is InChI=1S/C13H21NO2/c1-3-14-12(10-16-2)8-7-11-5-4-6-13(15)9-11/h4-6,9,12,14-15H,3,7-8,10H2,1-2H3. The summed E-state index contributed by atoms with van der Waals surface area (Å²) in [6.07, 6.45) is 1.97. The normalized spacial score (nSPS) is 12.6. The smallest absolute Gasteiger partial charge is 0.115 e. The third kappa shape index (κ3) is 4.64. The van der Waals surface area contributed by atoms with Gasteiger partial charge in [-0.25, -0.2) is 0 Å². The Morgan fingerprint density at radius 1 is 1.44 bits per heavy atom. The van der Waals surface area contributed by atoms with Gasteiger partial charge in [-0.1, -0.05) is 19.1 Å². The molecule has 0 bridgehead atoms. The molecule has 90 valence electrons. The van der Waals surface area contributed by atoms with Gasteiger partial charge >= 0.3 is 0 Å². The Hall–Kier alpha value is -1.06. The largest absolute Gasteiger partial charge is 0.508 e. The van der Waals surface area contributed by atoms with Gasteiger partial charge in [0.25, 0.3) is 0 Å². The molecule has 1 aromatic carbocycles. The minimum atomic E-state index is 0.337. The van der Waals surface area contributed by atoms with Crippen molar-refractivity contribution < 1.29 is 9.84 Å². The number of methoxy groups -OCH3 is 1. The van der Waals surface area contributed by atoms with E-state index in [1.165, 1.54) is 5.56 Å². The number of phenolic OH excluding ortho intramolecular Hbond substituents is 1. The second kappa shape index (κ2) is 7.25. The Labute approximate surface area is 97.4 Å². The maximum absolute atomic E-state index is 9.34. The van der Waals surface area contributed by atoms with Gasteiger partial charge < -0.3 is 15.2 Å². The number of rotatable bonds is 7. The highest BCUT2D eigenvalue weighted by Crippen LogP contribution is 2.13. The summed E-state index contributed by atoms with van der Waals surface area (Å²) in [6, 6.07) is 7.81. The summed E-state index contributed by atoms with van der Waals surface area (Å²) in [7, 11) is 1.72. The Bertz CT molecular complexity index is 296. The van der Waals surface area contributed by atoms with Gasteiger partial charge in [0.15, 0.2) is 0 Å². The topological polar surface area (TPSA) is 41.5 Å². The van der Waals surface area contributed by atoms with Crippen molar-refractivity contribution in [2.45, 2.75) is 25.8 Å². The average molecular weight is 223 g/mol. The van der Waals surface area contributed by atoms with Crippen molar-refractivity contribution in [3.05, 3.63) is 29.8 Å². The number of nitrogens with one attached hydrogen (secondary N) is 1. The molecule has 0 fully saturated rings. The predicted molar refractivity (Wildman–Crippen MR) is 65.8 cm³/mol. The fourth-order valence-electron chi connectivity index (χ4n) is 1.79. The number of benzene rings is 1. The van der Waals surface area contributed by atoms with Crippen molar-refractivity contribution in [3.8, 4) is 5.75 Å². The zero-order valence-corrected chi connectivity index (χ0v) is 10.1. The van der Waals surface area contributed by atoms with E-state index in [4.69, 9.17) is 4.74 Å². The van der Waals surface area contributed by atoms with Crippen LogP contribution in [0.15, 0.2) is 24.3 Å². The highest BCUT2D eigenvalue weighted by molar-refractivity contribution is 5.27. The molecule has 0 saturated carbocycles. The lowest BCUT2D eigenvalue weighted by molar-refractivity contribution is 0.163. The van der Waals surface area contributed by atoms with E-state index < -0.39 is 0 Å². The number of likely N-dealkylation sites (N-methyl/N-ethyl adjacent to an activating group) is 1. The van der Waals surface area contributed by atoms with Gasteiger partial charge in [-0.3, -0.25) is 0 Å². The Morgan fingerprint density at radius 3 is 2.88 bits per heavy atom. The zero-order valence-electron chi connectivity index (χ0n) is 10.1. The van der Waals surface area contributed by atoms with Crippen LogP contribution >= 0.6 is 0 Å². The first kappa shape index (κ1) is 13.0. The average Bonchev–Trinajstić information content (AvgIpc) is 2.27. The number of hydrogen-bond donors (Lipinski definition) is 2. The van der Waals surface area contributed by atoms with Crippen LogP contribution in [0.1, 0.15) is 18.9 Å². The molecule has 0 aliphatic heterocycles. The van der Waals surface area contributed by atoms with Gasteiger partial charge in [0.2, 0.25) is 0 Å². The van der Waals surface area contributed by atoms with Crippen LogP contribution in [0.5, 0.6) is 5.75 Å². The minimum Gasteiger partial charge on any atom is -0.508 e. The molecule has 2 N–H and O–H groups in total. The number of ether oxygens (including phenoxy) is 1. The molecular weight excluding hydrogens is 202 g/mol.